The fourth-order valence-electron chi connectivity index (χ4n) is 1.48. The van der Waals surface area contributed by atoms with Crippen LogP contribution in [0.3, 0.4) is 0 Å². The van der Waals surface area contributed by atoms with Gasteiger partial charge in [0.1, 0.15) is 5.82 Å². The molecule has 4 nitrogen and oxygen atoms in total. The standard InChI is InChI=1S/C13H12ClN3O/c1-8-3-2-6-16-12(8)17-13(18)9-4-5-10(14)11(15)7-9/h2-7H,15H2,1H3,(H,16,17,18). The lowest BCUT2D eigenvalue weighted by atomic mass is 10.2. The van der Waals surface area contributed by atoms with Crippen LogP contribution < -0.4 is 11.1 Å². The molecule has 2 rings (SSSR count). The number of anilines is 2. The van der Waals surface area contributed by atoms with Crippen LogP contribution in [0.25, 0.3) is 0 Å². The molecule has 0 bridgehead atoms. The number of amides is 1. The average Bonchev–Trinajstić information content (AvgIpc) is 2.35. The molecule has 0 aliphatic rings. The van der Waals surface area contributed by atoms with E-state index in [9.17, 15) is 4.79 Å². The Hall–Kier alpha value is -2.07. The summed E-state index contributed by atoms with van der Waals surface area (Å²) in [4.78, 5) is 16.1. The Bertz CT molecular complexity index is 599. The van der Waals surface area contributed by atoms with Crippen LogP contribution in [0, 0.1) is 6.92 Å². The molecule has 3 N–H and O–H groups in total. The van der Waals surface area contributed by atoms with Gasteiger partial charge in [-0.2, -0.15) is 0 Å². The minimum absolute atomic E-state index is 0.264. The van der Waals surface area contributed by atoms with Crippen LogP contribution in [0.1, 0.15) is 15.9 Å². The van der Waals surface area contributed by atoms with E-state index in [0.29, 0.717) is 22.1 Å². The Labute approximate surface area is 110 Å². The van der Waals surface area contributed by atoms with Crippen LogP contribution in [-0.2, 0) is 0 Å². The number of nitrogens with zero attached hydrogens (tertiary/aromatic N) is 1. The minimum Gasteiger partial charge on any atom is -0.398 e. The maximum absolute atomic E-state index is 12.0. The van der Waals surface area contributed by atoms with Crippen molar-refractivity contribution in [3.63, 3.8) is 0 Å². The number of benzene rings is 1. The summed E-state index contributed by atoms with van der Waals surface area (Å²) in [7, 11) is 0. The lowest BCUT2D eigenvalue weighted by Gasteiger charge is -2.07. The second-order valence-electron chi connectivity index (χ2n) is 3.86. The van der Waals surface area contributed by atoms with E-state index in [0.717, 1.165) is 5.56 Å². The molecular weight excluding hydrogens is 250 g/mol. The van der Waals surface area contributed by atoms with Gasteiger partial charge in [0.2, 0.25) is 0 Å². The van der Waals surface area contributed by atoms with Crippen LogP contribution in [0.2, 0.25) is 5.02 Å². The van der Waals surface area contributed by atoms with Crippen LogP contribution >= 0.6 is 11.6 Å². The third-order valence-corrected chi connectivity index (χ3v) is 2.84. The highest BCUT2D eigenvalue weighted by molar-refractivity contribution is 6.33. The summed E-state index contributed by atoms with van der Waals surface area (Å²) in [5.41, 5.74) is 7.37. The van der Waals surface area contributed by atoms with Crippen molar-refractivity contribution >= 4 is 29.0 Å². The van der Waals surface area contributed by atoms with Crippen LogP contribution in [0.5, 0.6) is 0 Å². The highest BCUT2D eigenvalue weighted by atomic mass is 35.5. The molecular formula is C13H12ClN3O. The summed E-state index contributed by atoms with van der Waals surface area (Å²) in [6.07, 6.45) is 1.62. The molecule has 0 saturated heterocycles. The van der Waals surface area contributed by atoms with Gasteiger partial charge in [-0.25, -0.2) is 4.98 Å². The topological polar surface area (TPSA) is 68.0 Å². The van der Waals surface area contributed by atoms with Crippen molar-refractivity contribution in [1.29, 1.82) is 0 Å². The largest absolute Gasteiger partial charge is 0.398 e. The second-order valence-corrected chi connectivity index (χ2v) is 4.27. The Morgan fingerprint density at radius 3 is 2.83 bits per heavy atom. The fourth-order valence-corrected chi connectivity index (χ4v) is 1.60. The predicted molar refractivity (Wildman–Crippen MR) is 72.8 cm³/mol. The summed E-state index contributed by atoms with van der Waals surface area (Å²) in [5, 5.41) is 3.16. The van der Waals surface area contributed by atoms with Crippen molar-refractivity contribution in [3.05, 3.63) is 52.7 Å². The van der Waals surface area contributed by atoms with Crippen LogP contribution in [0.15, 0.2) is 36.5 Å². The maximum Gasteiger partial charge on any atom is 0.256 e. The van der Waals surface area contributed by atoms with Gasteiger partial charge in [0.25, 0.3) is 5.91 Å². The monoisotopic (exact) mass is 261 g/mol. The first-order chi connectivity index (χ1) is 8.58. The highest BCUT2D eigenvalue weighted by Gasteiger charge is 2.09. The SMILES string of the molecule is Cc1cccnc1NC(=O)c1ccc(Cl)c(N)c1. The van der Waals surface area contributed by atoms with Crippen molar-refractivity contribution in [2.75, 3.05) is 11.1 Å². The molecule has 0 aliphatic carbocycles. The van der Waals surface area contributed by atoms with Gasteiger partial charge >= 0.3 is 0 Å². The number of nitrogens with two attached hydrogens (primary N) is 1. The van der Waals surface area contributed by atoms with E-state index in [1.807, 2.05) is 19.1 Å². The van der Waals surface area contributed by atoms with Crippen molar-refractivity contribution in [3.8, 4) is 0 Å². The van der Waals surface area contributed by atoms with Crippen molar-refractivity contribution < 1.29 is 4.79 Å². The van der Waals surface area contributed by atoms with E-state index in [4.69, 9.17) is 17.3 Å². The number of aryl methyl sites for hydroxylation is 1. The van der Waals surface area contributed by atoms with Gasteiger partial charge in [-0.05, 0) is 36.8 Å². The van der Waals surface area contributed by atoms with Crippen LogP contribution in [0.4, 0.5) is 11.5 Å². The maximum atomic E-state index is 12.0. The molecule has 1 aromatic heterocycles. The number of aromatic nitrogens is 1. The highest BCUT2D eigenvalue weighted by Crippen LogP contribution is 2.20. The molecule has 2 aromatic rings. The van der Waals surface area contributed by atoms with Crippen molar-refractivity contribution in [1.82, 2.24) is 4.98 Å². The van der Waals surface area contributed by atoms with Crippen LogP contribution in [-0.4, -0.2) is 10.9 Å². The number of carbonyl (C=O) groups is 1. The fraction of sp³-hybridized carbons (Fsp3) is 0.0769. The normalized spacial score (nSPS) is 10.1. The second kappa shape index (κ2) is 5.06. The summed E-state index contributed by atoms with van der Waals surface area (Å²) in [6.45, 7) is 1.87. The van der Waals surface area contributed by atoms with Gasteiger partial charge < -0.3 is 11.1 Å². The zero-order valence-corrected chi connectivity index (χ0v) is 10.5. The smallest absolute Gasteiger partial charge is 0.256 e. The quantitative estimate of drug-likeness (QED) is 0.817. The summed E-state index contributed by atoms with van der Waals surface area (Å²) >= 11 is 5.80. The van der Waals surface area contributed by atoms with Gasteiger partial charge in [0.05, 0.1) is 10.7 Å². The number of halogens is 1. The lowest BCUT2D eigenvalue weighted by molar-refractivity contribution is 0.102. The van der Waals surface area contributed by atoms with Crippen molar-refractivity contribution in [2.45, 2.75) is 6.92 Å². The molecule has 1 heterocycles. The first-order valence-electron chi connectivity index (χ1n) is 5.36. The van der Waals surface area contributed by atoms with Crippen molar-refractivity contribution in [2.24, 2.45) is 0 Å². The molecule has 92 valence electrons. The number of hydrogen-bond donors (Lipinski definition) is 2. The number of nitrogen functional groups attached to an aromatic ring is 1. The zero-order chi connectivity index (χ0) is 13.1. The molecule has 0 atom stereocenters. The molecule has 1 aromatic carbocycles. The summed E-state index contributed by atoms with van der Waals surface area (Å²) in [6, 6.07) is 8.43. The number of pyridine rings is 1. The number of hydrogen-bond acceptors (Lipinski definition) is 3. The van der Waals surface area contributed by atoms with Gasteiger partial charge in [0, 0.05) is 11.8 Å². The summed E-state index contributed by atoms with van der Waals surface area (Å²) in [5.74, 6) is 0.274. The summed E-state index contributed by atoms with van der Waals surface area (Å²) < 4.78 is 0. The number of carbonyl (C=O) groups excluding carboxylic acids is 1. The molecule has 0 spiro atoms. The van der Waals surface area contributed by atoms with E-state index < -0.39 is 0 Å². The molecule has 0 aliphatic heterocycles. The first kappa shape index (κ1) is 12.4. The Morgan fingerprint density at radius 2 is 2.17 bits per heavy atom. The number of rotatable bonds is 2. The molecule has 0 unspecified atom stereocenters. The third-order valence-electron chi connectivity index (χ3n) is 2.50. The van der Waals surface area contributed by atoms with E-state index in [-0.39, 0.29) is 5.91 Å². The van der Waals surface area contributed by atoms with E-state index in [1.54, 1.807) is 18.3 Å². The number of nitrogens with one attached hydrogen (secondary N) is 1. The van der Waals surface area contributed by atoms with Gasteiger partial charge in [0.15, 0.2) is 0 Å². The molecule has 0 radical (unpaired) electrons. The third kappa shape index (κ3) is 2.60. The Morgan fingerprint density at radius 1 is 1.39 bits per heavy atom. The molecule has 0 saturated carbocycles. The molecule has 18 heavy (non-hydrogen) atoms. The average molecular weight is 262 g/mol. The lowest BCUT2D eigenvalue weighted by Crippen LogP contribution is -2.14. The Kier molecular flexibility index (Phi) is 3.48. The minimum atomic E-state index is -0.264. The zero-order valence-electron chi connectivity index (χ0n) is 9.77. The first-order valence-corrected chi connectivity index (χ1v) is 5.73. The van der Waals surface area contributed by atoms with Gasteiger partial charge in [-0.1, -0.05) is 17.7 Å². The van der Waals surface area contributed by atoms with E-state index >= 15 is 0 Å². The Balaban J connectivity index is 2.22. The van der Waals surface area contributed by atoms with E-state index in [2.05, 4.69) is 10.3 Å². The van der Waals surface area contributed by atoms with Gasteiger partial charge in [-0.3, -0.25) is 4.79 Å². The molecule has 0 fully saturated rings. The van der Waals surface area contributed by atoms with Gasteiger partial charge in [-0.15, -0.1) is 0 Å². The molecule has 5 heteroatoms. The molecule has 1 amide bonds. The predicted octanol–water partition coefficient (Wildman–Crippen LogP) is 2.88. The van der Waals surface area contributed by atoms with E-state index in [1.165, 1.54) is 6.07 Å².